The molecular weight excluding hydrogens is 246 g/mol. The van der Waals surface area contributed by atoms with Gasteiger partial charge in [-0.1, -0.05) is 0 Å². The van der Waals surface area contributed by atoms with Gasteiger partial charge in [-0.05, 0) is 37.1 Å². The maximum Gasteiger partial charge on any atom is 0.321 e. The molecule has 19 heavy (non-hydrogen) atoms. The molecule has 1 aromatic rings. The molecule has 2 rings (SSSR count). The molecule has 1 aliphatic carbocycles. The first-order valence-corrected chi connectivity index (χ1v) is 6.18. The number of hydrogen-bond acceptors (Lipinski definition) is 4. The minimum atomic E-state index is -0.462. The van der Waals surface area contributed by atoms with Crippen molar-refractivity contribution in [2.75, 3.05) is 19.0 Å². The highest BCUT2D eigenvalue weighted by atomic mass is 16.5. The number of carbonyl (C=O) groups is 2. The minimum Gasteiger partial charge on any atom is -0.484 e. The van der Waals surface area contributed by atoms with E-state index in [0.29, 0.717) is 5.75 Å². The lowest BCUT2D eigenvalue weighted by atomic mass is 10.3. The Kier molecular flexibility index (Phi) is 4.22. The molecule has 0 unspecified atom stereocenters. The fourth-order valence-electron chi connectivity index (χ4n) is 1.48. The highest BCUT2D eigenvalue weighted by Gasteiger charge is 2.23. The zero-order valence-corrected chi connectivity index (χ0v) is 10.7. The van der Waals surface area contributed by atoms with Gasteiger partial charge in [-0.15, -0.1) is 0 Å². The van der Waals surface area contributed by atoms with Crippen LogP contribution in [0.1, 0.15) is 12.8 Å². The lowest BCUT2D eigenvalue weighted by Gasteiger charge is -2.08. The number of amides is 3. The second-order valence-electron chi connectivity index (χ2n) is 4.36. The van der Waals surface area contributed by atoms with Crippen LogP contribution < -0.4 is 20.7 Å². The van der Waals surface area contributed by atoms with Crippen molar-refractivity contribution in [1.82, 2.24) is 10.6 Å². The lowest BCUT2D eigenvalue weighted by Crippen LogP contribution is -2.42. The number of benzene rings is 1. The normalized spacial score (nSPS) is 13.5. The highest BCUT2D eigenvalue weighted by molar-refractivity contribution is 5.95. The van der Waals surface area contributed by atoms with E-state index in [1.54, 1.807) is 12.1 Å². The van der Waals surface area contributed by atoms with Crippen molar-refractivity contribution in [3.8, 4) is 5.75 Å². The summed E-state index contributed by atoms with van der Waals surface area (Å²) >= 11 is 0. The van der Waals surface area contributed by atoms with Gasteiger partial charge in [-0.3, -0.25) is 10.1 Å². The molecule has 1 saturated carbocycles. The Morgan fingerprint density at radius 3 is 2.53 bits per heavy atom. The monoisotopic (exact) mass is 263 g/mol. The van der Waals surface area contributed by atoms with E-state index < -0.39 is 11.9 Å². The number of carbonyl (C=O) groups excluding carboxylic acids is 2. The third kappa shape index (κ3) is 4.50. The van der Waals surface area contributed by atoms with E-state index >= 15 is 0 Å². The van der Waals surface area contributed by atoms with Gasteiger partial charge in [0.1, 0.15) is 5.75 Å². The zero-order valence-electron chi connectivity index (χ0n) is 10.7. The van der Waals surface area contributed by atoms with Gasteiger partial charge in [-0.2, -0.15) is 0 Å². The molecular formula is C13H17N3O3. The summed E-state index contributed by atoms with van der Waals surface area (Å²) in [6, 6.07) is 6.96. The molecule has 1 aromatic carbocycles. The van der Waals surface area contributed by atoms with E-state index in [1.807, 2.05) is 19.2 Å². The molecule has 0 aliphatic heterocycles. The number of urea groups is 1. The summed E-state index contributed by atoms with van der Waals surface area (Å²) in [7, 11) is 1.82. The first-order chi connectivity index (χ1) is 9.17. The van der Waals surface area contributed by atoms with E-state index in [0.717, 1.165) is 18.5 Å². The Hall–Kier alpha value is -2.24. The van der Waals surface area contributed by atoms with Crippen LogP contribution in [0.15, 0.2) is 24.3 Å². The number of nitrogens with one attached hydrogen (secondary N) is 3. The molecule has 6 nitrogen and oxygen atoms in total. The van der Waals surface area contributed by atoms with Crippen molar-refractivity contribution in [2.24, 2.45) is 0 Å². The Balaban J connectivity index is 1.71. The number of rotatable bonds is 5. The Morgan fingerprint density at radius 2 is 1.95 bits per heavy atom. The molecule has 6 heteroatoms. The van der Waals surface area contributed by atoms with Crippen molar-refractivity contribution in [1.29, 1.82) is 0 Å². The molecule has 0 atom stereocenters. The van der Waals surface area contributed by atoms with Gasteiger partial charge in [0.2, 0.25) is 0 Å². The summed E-state index contributed by atoms with van der Waals surface area (Å²) in [6.07, 6.45) is 1.96. The molecule has 0 spiro atoms. The van der Waals surface area contributed by atoms with Gasteiger partial charge in [0.05, 0.1) is 0 Å². The second kappa shape index (κ2) is 6.08. The van der Waals surface area contributed by atoms with Crippen LogP contribution in [0.2, 0.25) is 0 Å². The smallest absolute Gasteiger partial charge is 0.321 e. The summed E-state index contributed by atoms with van der Waals surface area (Å²) < 4.78 is 5.27. The standard InChI is InChI=1S/C13H17N3O3/c1-14-9-4-6-11(7-5-9)19-8-12(17)16-13(18)15-10-2-3-10/h4-7,10,14H,2-3,8H2,1H3,(H2,15,16,17,18). The van der Waals surface area contributed by atoms with E-state index in [-0.39, 0.29) is 12.6 Å². The Morgan fingerprint density at radius 1 is 1.26 bits per heavy atom. The zero-order chi connectivity index (χ0) is 13.7. The number of hydrogen-bond donors (Lipinski definition) is 3. The van der Waals surface area contributed by atoms with Crippen molar-refractivity contribution < 1.29 is 14.3 Å². The van der Waals surface area contributed by atoms with Gasteiger partial charge in [0.15, 0.2) is 6.61 Å². The molecule has 1 fully saturated rings. The van der Waals surface area contributed by atoms with Gasteiger partial charge in [0, 0.05) is 18.8 Å². The first kappa shape index (κ1) is 13.2. The topological polar surface area (TPSA) is 79.5 Å². The van der Waals surface area contributed by atoms with Crippen molar-refractivity contribution >= 4 is 17.6 Å². The molecule has 0 radical (unpaired) electrons. The van der Waals surface area contributed by atoms with Crippen LogP contribution >= 0.6 is 0 Å². The fraction of sp³-hybridized carbons (Fsp3) is 0.385. The molecule has 0 saturated heterocycles. The predicted molar refractivity (Wildman–Crippen MR) is 71.2 cm³/mol. The third-order valence-corrected chi connectivity index (χ3v) is 2.68. The van der Waals surface area contributed by atoms with Crippen LogP contribution in [0.5, 0.6) is 5.75 Å². The molecule has 0 heterocycles. The van der Waals surface area contributed by atoms with Crippen molar-refractivity contribution in [3.63, 3.8) is 0 Å². The molecule has 0 bridgehead atoms. The van der Waals surface area contributed by atoms with Crippen LogP contribution in [0.25, 0.3) is 0 Å². The molecule has 1 aliphatic rings. The van der Waals surface area contributed by atoms with Gasteiger partial charge < -0.3 is 15.4 Å². The fourth-order valence-corrected chi connectivity index (χ4v) is 1.48. The number of imide groups is 1. The Bertz CT molecular complexity index is 455. The molecule has 102 valence electrons. The molecule has 0 aromatic heterocycles. The van der Waals surface area contributed by atoms with Crippen LogP contribution in [0, 0.1) is 0 Å². The van der Waals surface area contributed by atoms with E-state index in [4.69, 9.17) is 4.74 Å². The quantitative estimate of drug-likeness (QED) is 0.743. The van der Waals surface area contributed by atoms with E-state index in [9.17, 15) is 9.59 Å². The molecule has 3 N–H and O–H groups in total. The van der Waals surface area contributed by atoms with Crippen molar-refractivity contribution in [2.45, 2.75) is 18.9 Å². The van der Waals surface area contributed by atoms with E-state index in [2.05, 4.69) is 16.0 Å². The van der Waals surface area contributed by atoms with Crippen LogP contribution in [0.3, 0.4) is 0 Å². The summed E-state index contributed by atoms with van der Waals surface area (Å²) in [4.78, 5) is 22.7. The second-order valence-corrected chi connectivity index (χ2v) is 4.36. The van der Waals surface area contributed by atoms with E-state index in [1.165, 1.54) is 0 Å². The lowest BCUT2D eigenvalue weighted by molar-refractivity contribution is -0.122. The maximum absolute atomic E-state index is 11.4. The third-order valence-electron chi connectivity index (χ3n) is 2.68. The predicted octanol–water partition coefficient (Wildman–Crippen LogP) is 1.10. The number of anilines is 1. The molecule has 3 amide bonds. The summed E-state index contributed by atoms with van der Waals surface area (Å²) in [6.45, 7) is -0.184. The average Bonchev–Trinajstić information content (AvgIpc) is 3.20. The largest absolute Gasteiger partial charge is 0.484 e. The Labute approximate surface area is 111 Å². The summed E-state index contributed by atoms with van der Waals surface area (Å²) in [5.41, 5.74) is 0.959. The van der Waals surface area contributed by atoms with Gasteiger partial charge in [-0.25, -0.2) is 4.79 Å². The van der Waals surface area contributed by atoms with Crippen LogP contribution in [0.4, 0.5) is 10.5 Å². The number of ether oxygens (including phenoxy) is 1. The maximum atomic E-state index is 11.4. The van der Waals surface area contributed by atoms with Crippen LogP contribution in [-0.4, -0.2) is 31.6 Å². The van der Waals surface area contributed by atoms with Crippen LogP contribution in [-0.2, 0) is 4.79 Å². The average molecular weight is 263 g/mol. The SMILES string of the molecule is CNc1ccc(OCC(=O)NC(=O)NC2CC2)cc1. The minimum absolute atomic E-state index is 0.184. The van der Waals surface area contributed by atoms with Gasteiger partial charge in [0.25, 0.3) is 5.91 Å². The van der Waals surface area contributed by atoms with Crippen molar-refractivity contribution in [3.05, 3.63) is 24.3 Å². The highest BCUT2D eigenvalue weighted by Crippen LogP contribution is 2.18. The summed E-state index contributed by atoms with van der Waals surface area (Å²) in [5.74, 6) is 0.118. The van der Waals surface area contributed by atoms with Gasteiger partial charge >= 0.3 is 6.03 Å². The summed E-state index contributed by atoms with van der Waals surface area (Å²) in [5, 5.41) is 7.86. The first-order valence-electron chi connectivity index (χ1n) is 6.18.